The first-order chi connectivity index (χ1) is 11.7. The molecule has 0 radical (unpaired) electrons. The molecule has 126 valence electrons. The van der Waals surface area contributed by atoms with E-state index in [1.165, 1.54) is 0 Å². The van der Waals surface area contributed by atoms with Crippen molar-refractivity contribution in [2.24, 2.45) is 0 Å². The summed E-state index contributed by atoms with van der Waals surface area (Å²) < 4.78 is 5.16. The van der Waals surface area contributed by atoms with Gasteiger partial charge in [-0.25, -0.2) is 0 Å². The van der Waals surface area contributed by atoms with E-state index in [-0.39, 0.29) is 11.9 Å². The summed E-state index contributed by atoms with van der Waals surface area (Å²) in [6.45, 7) is 2.64. The Morgan fingerprint density at radius 3 is 2.92 bits per heavy atom. The number of carbonyl (C=O) groups is 1. The Morgan fingerprint density at radius 2 is 2.12 bits per heavy atom. The molecule has 24 heavy (non-hydrogen) atoms. The molecule has 0 aliphatic carbocycles. The number of halogens is 1. The lowest BCUT2D eigenvalue weighted by Crippen LogP contribution is -2.48. The molecule has 1 aliphatic heterocycles. The number of methoxy groups -OCH3 is 1. The first-order valence-electron chi connectivity index (χ1n) is 8.04. The van der Waals surface area contributed by atoms with Crippen LogP contribution in [0.15, 0.2) is 48.5 Å². The third-order valence-electron chi connectivity index (χ3n) is 4.25. The molecule has 3 rings (SSSR count). The maximum absolute atomic E-state index is 13.1. The lowest BCUT2D eigenvalue weighted by molar-refractivity contribution is 0.0634. The fraction of sp³-hybridized carbons (Fsp3) is 0.316. The second kappa shape index (κ2) is 7.79. The van der Waals surface area contributed by atoms with Gasteiger partial charge in [0.25, 0.3) is 5.91 Å². The lowest BCUT2D eigenvalue weighted by atomic mass is 10.0. The van der Waals surface area contributed by atoms with E-state index < -0.39 is 0 Å². The average molecular weight is 345 g/mol. The van der Waals surface area contributed by atoms with Gasteiger partial charge in [-0.15, -0.1) is 0 Å². The molecular weight excluding hydrogens is 324 g/mol. The minimum atomic E-state index is -0.0639. The van der Waals surface area contributed by atoms with E-state index >= 15 is 0 Å². The van der Waals surface area contributed by atoms with Crippen LogP contribution in [0.3, 0.4) is 0 Å². The Hall–Kier alpha value is -1.88. The van der Waals surface area contributed by atoms with E-state index in [1.807, 2.05) is 53.4 Å². The minimum absolute atomic E-state index is 0.0272. The van der Waals surface area contributed by atoms with E-state index in [2.05, 4.69) is 5.32 Å². The number of amides is 1. The molecule has 0 bridgehead atoms. The van der Waals surface area contributed by atoms with E-state index in [9.17, 15) is 4.79 Å². The Bertz CT molecular complexity index is 720. The molecule has 1 atom stereocenters. The van der Waals surface area contributed by atoms with Crippen LogP contribution < -0.4 is 5.32 Å². The van der Waals surface area contributed by atoms with Crippen LogP contribution in [0.4, 0.5) is 0 Å². The van der Waals surface area contributed by atoms with Gasteiger partial charge >= 0.3 is 0 Å². The Morgan fingerprint density at radius 1 is 1.29 bits per heavy atom. The summed E-state index contributed by atoms with van der Waals surface area (Å²) in [7, 11) is 1.65. The van der Waals surface area contributed by atoms with Crippen molar-refractivity contribution in [3.05, 3.63) is 70.2 Å². The highest BCUT2D eigenvalue weighted by Crippen LogP contribution is 2.29. The lowest BCUT2D eigenvalue weighted by Gasteiger charge is -2.37. The molecule has 1 aliphatic rings. The van der Waals surface area contributed by atoms with Crippen molar-refractivity contribution < 1.29 is 9.53 Å². The molecule has 1 N–H and O–H groups in total. The summed E-state index contributed by atoms with van der Waals surface area (Å²) in [5, 5.41) is 4.05. The molecule has 1 fully saturated rings. The van der Waals surface area contributed by atoms with Gasteiger partial charge in [-0.1, -0.05) is 41.9 Å². The zero-order chi connectivity index (χ0) is 16.9. The highest BCUT2D eigenvalue weighted by Gasteiger charge is 2.29. The number of ether oxygens (including phenoxy) is 1. The van der Waals surface area contributed by atoms with Gasteiger partial charge in [0.1, 0.15) is 0 Å². The zero-order valence-corrected chi connectivity index (χ0v) is 14.4. The number of benzene rings is 2. The predicted octanol–water partition coefficient (Wildman–Crippen LogP) is 3.27. The van der Waals surface area contributed by atoms with Crippen molar-refractivity contribution in [1.29, 1.82) is 0 Å². The summed E-state index contributed by atoms with van der Waals surface area (Å²) >= 11 is 6.36. The van der Waals surface area contributed by atoms with Crippen molar-refractivity contribution >= 4 is 17.5 Å². The SMILES string of the molecule is COCc1cccc(C(=O)N2CCNCC2c2ccccc2Cl)c1. The number of hydrogen-bond donors (Lipinski definition) is 1. The first kappa shape index (κ1) is 17.0. The molecule has 1 amide bonds. The molecule has 0 aromatic heterocycles. The summed E-state index contributed by atoms with van der Waals surface area (Å²) in [5.41, 5.74) is 2.66. The van der Waals surface area contributed by atoms with Crippen molar-refractivity contribution in [3.8, 4) is 0 Å². The minimum Gasteiger partial charge on any atom is -0.380 e. The summed E-state index contributed by atoms with van der Waals surface area (Å²) in [4.78, 5) is 15.0. The van der Waals surface area contributed by atoms with Gasteiger partial charge in [-0.05, 0) is 29.3 Å². The van der Waals surface area contributed by atoms with Gasteiger partial charge < -0.3 is 15.0 Å². The second-order valence-electron chi connectivity index (χ2n) is 5.87. The van der Waals surface area contributed by atoms with Crippen LogP contribution in [0, 0.1) is 0 Å². The molecular formula is C19H21ClN2O2. The number of piperazine rings is 1. The summed E-state index contributed by atoms with van der Waals surface area (Å²) in [6.07, 6.45) is 0. The molecule has 2 aromatic rings. The van der Waals surface area contributed by atoms with E-state index in [1.54, 1.807) is 7.11 Å². The predicted molar refractivity (Wildman–Crippen MR) is 95.3 cm³/mol. The number of nitrogens with zero attached hydrogens (tertiary/aromatic N) is 1. The third-order valence-corrected chi connectivity index (χ3v) is 4.60. The van der Waals surface area contributed by atoms with Gasteiger partial charge in [0.05, 0.1) is 12.6 Å². The van der Waals surface area contributed by atoms with Crippen molar-refractivity contribution in [3.63, 3.8) is 0 Å². The molecule has 1 heterocycles. The van der Waals surface area contributed by atoms with Crippen LogP contribution in [0.25, 0.3) is 0 Å². The zero-order valence-electron chi connectivity index (χ0n) is 13.7. The average Bonchev–Trinajstić information content (AvgIpc) is 2.62. The molecule has 0 saturated carbocycles. The number of carbonyl (C=O) groups excluding carboxylic acids is 1. The monoisotopic (exact) mass is 344 g/mol. The maximum atomic E-state index is 13.1. The summed E-state index contributed by atoms with van der Waals surface area (Å²) in [5.74, 6) is 0.0272. The molecule has 5 heteroatoms. The van der Waals surface area contributed by atoms with Gasteiger partial charge in [0.15, 0.2) is 0 Å². The standard InChI is InChI=1S/C19H21ClN2O2/c1-24-13-14-5-4-6-15(11-14)19(23)22-10-9-21-12-18(22)16-7-2-3-8-17(16)20/h2-8,11,18,21H,9-10,12-13H2,1H3. The van der Waals surface area contributed by atoms with Crippen LogP contribution in [0.1, 0.15) is 27.5 Å². The normalized spacial score (nSPS) is 17.8. The van der Waals surface area contributed by atoms with Crippen LogP contribution in [-0.2, 0) is 11.3 Å². The smallest absolute Gasteiger partial charge is 0.254 e. The van der Waals surface area contributed by atoms with Gasteiger partial charge in [-0.2, -0.15) is 0 Å². The van der Waals surface area contributed by atoms with E-state index in [0.717, 1.165) is 17.7 Å². The highest BCUT2D eigenvalue weighted by atomic mass is 35.5. The van der Waals surface area contributed by atoms with Gasteiger partial charge in [0, 0.05) is 37.3 Å². The van der Waals surface area contributed by atoms with Crippen LogP contribution >= 0.6 is 11.6 Å². The fourth-order valence-electron chi connectivity index (χ4n) is 3.10. The molecule has 2 aromatic carbocycles. The Balaban J connectivity index is 1.89. The number of rotatable bonds is 4. The maximum Gasteiger partial charge on any atom is 0.254 e. The quantitative estimate of drug-likeness (QED) is 0.925. The van der Waals surface area contributed by atoms with Crippen LogP contribution in [0.2, 0.25) is 5.02 Å². The first-order valence-corrected chi connectivity index (χ1v) is 8.42. The van der Waals surface area contributed by atoms with Crippen LogP contribution in [-0.4, -0.2) is 37.6 Å². The number of hydrogen-bond acceptors (Lipinski definition) is 3. The van der Waals surface area contributed by atoms with Crippen LogP contribution in [0.5, 0.6) is 0 Å². The third kappa shape index (κ3) is 3.61. The van der Waals surface area contributed by atoms with Crippen molar-refractivity contribution in [2.45, 2.75) is 12.6 Å². The van der Waals surface area contributed by atoms with E-state index in [0.29, 0.717) is 30.3 Å². The molecule has 1 saturated heterocycles. The fourth-order valence-corrected chi connectivity index (χ4v) is 3.36. The summed E-state index contributed by atoms with van der Waals surface area (Å²) in [6, 6.07) is 15.3. The highest BCUT2D eigenvalue weighted by molar-refractivity contribution is 6.31. The molecule has 4 nitrogen and oxygen atoms in total. The largest absolute Gasteiger partial charge is 0.380 e. The topological polar surface area (TPSA) is 41.6 Å². The van der Waals surface area contributed by atoms with Gasteiger partial charge in [-0.3, -0.25) is 4.79 Å². The molecule has 0 spiro atoms. The van der Waals surface area contributed by atoms with Crippen molar-refractivity contribution in [2.75, 3.05) is 26.7 Å². The second-order valence-corrected chi connectivity index (χ2v) is 6.28. The molecule has 1 unspecified atom stereocenters. The van der Waals surface area contributed by atoms with Crippen molar-refractivity contribution in [1.82, 2.24) is 10.2 Å². The Labute approximate surface area is 147 Å². The van der Waals surface area contributed by atoms with E-state index in [4.69, 9.17) is 16.3 Å². The number of nitrogens with one attached hydrogen (secondary N) is 1. The van der Waals surface area contributed by atoms with Gasteiger partial charge in [0.2, 0.25) is 0 Å². The Kier molecular flexibility index (Phi) is 5.51.